The summed E-state index contributed by atoms with van der Waals surface area (Å²) < 4.78 is 5.59. The van der Waals surface area contributed by atoms with Crippen molar-refractivity contribution >= 4 is 5.91 Å². The number of fused-ring (bicyclic) bond motifs is 1. The lowest BCUT2D eigenvalue weighted by Crippen LogP contribution is -2.40. The number of nitrogens with two attached hydrogens (primary N) is 1. The van der Waals surface area contributed by atoms with E-state index in [-0.39, 0.29) is 5.91 Å². The molecule has 2 rings (SSSR count). The van der Waals surface area contributed by atoms with Crippen LogP contribution in [0.4, 0.5) is 0 Å². The highest BCUT2D eigenvalue weighted by Crippen LogP contribution is 2.25. The molecule has 0 fully saturated rings. The van der Waals surface area contributed by atoms with Gasteiger partial charge in [0.15, 0.2) is 0 Å². The molecule has 0 saturated heterocycles. The monoisotopic (exact) mass is 262 g/mol. The molecule has 4 nitrogen and oxygen atoms in total. The van der Waals surface area contributed by atoms with E-state index in [9.17, 15) is 4.79 Å². The van der Waals surface area contributed by atoms with E-state index in [2.05, 4.69) is 12.1 Å². The van der Waals surface area contributed by atoms with Gasteiger partial charge in [0.05, 0.1) is 12.6 Å². The number of benzene rings is 1. The van der Waals surface area contributed by atoms with Crippen LogP contribution in [-0.4, -0.2) is 37.0 Å². The fraction of sp³-hybridized carbons (Fsp3) is 0.533. The average Bonchev–Trinajstić information content (AvgIpc) is 2.43. The number of rotatable bonds is 4. The molecule has 0 spiro atoms. The van der Waals surface area contributed by atoms with Gasteiger partial charge in [-0.05, 0) is 43.4 Å². The number of aryl methyl sites for hydroxylation is 1. The normalized spacial score (nSPS) is 15.3. The van der Waals surface area contributed by atoms with E-state index in [4.69, 9.17) is 10.5 Å². The maximum absolute atomic E-state index is 11.7. The lowest BCUT2D eigenvalue weighted by atomic mass is 10.0. The van der Waals surface area contributed by atoms with Crippen molar-refractivity contribution in [1.29, 1.82) is 0 Å². The third kappa shape index (κ3) is 3.47. The summed E-state index contributed by atoms with van der Waals surface area (Å²) in [6.45, 7) is 3.23. The predicted octanol–water partition coefficient (Wildman–Crippen LogP) is 1.36. The molecule has 104 valence electrons. The van der Waals surface area contributed by atoms with Crippen molar-refractivity contribution in [3.8, 4) is 5.75 Å². The molecule has 19 heavy (non-hydrogen) atoms. The summed E-state index contributed by atoms with van der Waals surface area (Å²) in [6, 6.07) is 5.88. The predicted molar refractivity (Wildman–Crippen MR) is 75.2 cm³/mol. The van der Waals surface area contributed by atoms with Crippen LogP contribution in [0.3, 0.4) is 0 Å². The number of carbonyl (C=O) groups is 1. The second kappa shape index (κ2) is 6.06. The first-order valence-corrected chi connectivity index (χ1v) is 6.83. The van der Waals surface area contributed by atoms with Gasteiger partial charge >= 0.3 is 0 Å². The van der Waals surface area contributed by atoms with Gasteiger partial charge in [-0.2, -0.15) is 0 Å². The topological polar surface area (TPSA) is 55.6 Å². The standard InChI is InChI=1S/C15H22N2O2/c1-11(16)15(18)17(2)8-7-12-5-6-14-13(10-12)4-3-9-19-14/h5-6,10-11H,3-4,7-9,16H2,1-2H3. The average molecular weight is 262 g/mol. The molecule has 1 aliphatic rings. The SMILES string of the molecule is CC(N)C(=O)N(C)CCc1ccc2c(c1)CCCO2. The molecule has 0 saturated carbocycles. The number of likely N-dealkylation sites (N-methyl/N-ethyl adjacent to an activating group) is 1. The Morgan fingerprint density at radius 2 is 2.32 bits per heavy atom. The minimum absolute atomic E-state index is 0.0127. The Labute approximate surface area is 114 Å². The van der Waals surface area contributed by atoms with Gasteiger partial charge in [-0.3, -0.25) is 4.79 Å². The van der Waals surface area contributed by atoms with E-state index < -0.39 is 6.04 Å². The van der Waals surface area contributed by atoms with Crippen molar-refractivity contribution in [1.82, 2.24) is 4.90 Å². The van der Waals surface area contributed by atoms with Crippen LogP contribution in [-0.2, 0) is 17.6 Å². The van der Waals surface area contributed by atoms with Crippen LogP contribution < -0.4 is 10.5 Å². The van der Waals surface area contributed by atoms with Crippen LogP contribution in [0.25, 0.3) is 0 Å². The van der Waals surface area contributed by atoms with Crippen molar-refractivity contribution in [3.63, 3.8) is 0 Å². The first kappa shape index (κ1) is 13.9. The molecule has 2 N–H and O–H groups in total. The zero-order valence-electron chi connectivity index (χ0n) is 11.7. The molecular formula is C15H22N2O2. The Bertz CT molecular complexity index is 457. The van der Waals surface area contributed by atoms with E-state index in [1.807, 2.05) is 6.07 Å². The molecule has 1 aromatic rings. The van der Waals surface area contributed by atoms with Crippen LogP contribution >= 0.6 is 0 Å². The fourth-order valence-corrected chi connectivity index (χ4v) is 2.32. The van der Waals surface area contributed by atoms with E-state index in [1.54, 1.807) is 18.9 Å². The molecular weight excluding hydrogens is 240 g/mol. The maximum Gasteiger partial charge on any atom is 0.238 e. The van der Waals surface area contributed by atoms with E-state index >= 15 is 0 Å². The van der Waals surface area contributed by atoms with Gasteiger partial charge in [-0.15, -0.1) is 0 Å². The summed E-state index contributed by atoms with van der Waals surface area (Å²) in [4.78, 5) is 13.4. The lowest BCUT2D eigenvalue weighted by Gasteiger charge is -2.21. The van der Waals surface area contributed by atoms with Gasteiger partial charge < -0.3 is 15.4 Å². The Morgan fingerprint density at radius 3 is 3.05 bits per heavy atom. The Hall–Kier alpha value is -1.55. The van der Waals surface area contributed by atoms with Crippen LogP contribution in [0, 0.1) is 0 Å². The minimum atomic E-state index is -0.429. The number of nitrogens with zero attached hydrogens (tertiary/aromatic N) is 1. The van der Waals surface area contributed by atoms with Crippen molar-refractivity contribution < 1.29 is 9.53 Å². The number of hydrogen-bond donors (Lipinski definition) is 1. The smallest absolute Gasteiger partial charge is 0.238 e. The van der Waals surface area contributed by atoms with Crippen molar-refractivity contribution in [3.05, 3.63) is 29.3 Å². The molecule has 0 aromatic heterocycles. The highest BCUT2D eigenvalue weighted by atomic mass is 16.5. The maximum atomic E-state index is 11.7. The quantitative estimate of drug-likeness (QED) is 0.891. The third-order valence-electron chi connectivity index (χ3n) is 3.47. The van der Waals surface area contributed by atoms with Crippen molar-refractivity contribution in [2.45, 2.75) is 32.2 Å². The van der Waals surface area contributed by atoms with Gasteiger partial charge in [0.1, 0.15) is 5.75 Å². The largest absolute Gasteiger partial charge is 0.493 e. The molecule has 1 aliphatic heterocycles. The number of amides is 1. The van der Waals surface area contributed by atoms with Crippen molar-refractivity contribution in [2.75, 3.05) is 20.2 Å². The minimum Gasteiger partial charge on any atom is -0.493 e. The fourth-order valence-electron chi connectivity index (χ4n) is 2.32. The summed E-state index contributed by atoms with van der Waals surface area (Å²) >= 11 is 0. The molecule has 0 bridgehead atoms. The van der Waals surface area contributed by atoms with Gasteiger partial charge in [0.25, 0.3) is 0 Å². The first-order valence-electron chi connectivity index (χ1n) is 6.83. The van der Waals surface area contributed by atoms with E-state index in [1.165, 1.54) is 11.1 Å². The molecule has 4 heteroatoms. The Kier molecular flexibility index (Phi) is 4.43. The Balaban J connectivity index is 1.94. The van der Waals surface area contributed by atoms with E-state index in [0.717, 1.165) is 31.6 Å². The zero-order valence-corrected chi connectivity index (χ0v) is 11.7. The van der Waals surface area contributed by atoms with Crippen LogP contribution in [0.15, 0.2) is 18.2 Å². The second-order valence-corrected chi connectivity index (χ2v) is 5.19. The highest BCUT2D eigenvalue weighted by molar-refractivity contribution is 5.80. The molecule has 0 radical (unpaired) electrons. The zero-order chi connectivity index (χ0) is 13.8. The van der Waals surface area contributed by atoms with E-state index in [0.29, 0.717) is 6.54 Å². The summed E-state index contributed by atoms with van der Waals surface area (Å²) in [5, 5.41) is 0. The Morgan fingerprint density at radius 1 is 1.53 bits per heavy atom. The highest BCUT2D eigenvalue weighted by Gasteiger charge is 2.14. The summed E-state index contributed by atoms with van der Waals surface area (Å²) in [7, 11) is 1.80. The summed E-state index contributed by atoms with van der Waals surface area (Å²) in [6.07, 6.45) is 3.01. The number of ether oxygens (including phenoxy) is 1. The van der Waals surface area contributed by atoms with Gasteiger partial charge in [-0.25, -0.2) is 0 Å². The molecule has 1 unspecified atom stereocenters. The molecule has 1 aromatic carbocycles. The number of carbonyl (C=O) groups excluding carboxylic acids is 1. The molecule has 1 amide bonds. The molecule has 1 atom stereocenters. The van der Waals surface area contributed by atoms with Crippen molar-refractivity contribution in [2.24, 2.45) is 5.73 Å². The van der Waals surface area contributed by atoms with Crippen LogP contribution in [0.1, 0.15) is 24.5 Å². The van der Waals surface area contributed by atoms with Gasteiger partial charge in [0, 0.05) is 13.6 Å². The first-order chi connectivity index (χ1) is 9.08. The van der Waals surface area contributed by atoms with Crippen LogP contribution in [0.5, 0.6) is 5.75 Å². The van der Waals surface area contributed by atoms with Gasteiger partial charge in [0.2, 0.25) is 5.91 Å². The molecule has 0 aliphatic carbocycles. The van der Waals surface area contributed by atoms with Gasteiger partial charge in [-0.1, -0.05) is 12.1 Å². The second-order valence-electron chi connectivity index (χ2n) is 5.19. The lowest BCUT2D eigenvalue weighted by molar-refractivity contribution is -0.130. The third-order valence-corrected chi connectivity index (χ3v) is 3.47. The summed E-state index contributed by atoms with van der Waals surface area (Å²) in [5.74, 6) is 0.997. The summed E-state index contributed by atoms with van der Waals surface area (Å²) in [5.41, 5.74) is 8.12. The molecule has 1 heterocycles. The number of hydrogen-bond acceptors (Lipinski definition) is 3. The van der Waals surface area contributed by atoms with Crippen LogP contribution in [0.2, 0.25) is 0 Å².